The van der Waals surface area contributed by atoms with Crippen molar-refractivity contribution in [2.75, 3.05) is 44.2 Å². The van der Waals surface area contributed by atoms with Gasteiger partial charge in [0.05, 0.1) is 17.9 Å². The van der Waals surface area contributed by atoms with E-state index in [9.17, 15) is 18.4 Å². The number of anilines is 1. The SMILES string of the molecule is C[C@@H]1CN(CC(=O)N2CC(C)(C)c3ncc(Cc4ccc(F)cc4F)cc32)[C@@H](CN2CC(C)(C)CC2=O)CN1. The molecular formula is C30H39F2N5O2. The van der Waals surface area contributed by atoms with Gasteiger partial charge in [-0.2, -0.15) is 0 Å². The van der Waals surface area contributed by atoms with E-state index in [4.69, 9.17) is 4.98 Å². The minimum atomic E-state index is -0.611. The van der Waals surface area contributed by atoms with Crippen LogP contribution < -0.4 is 10.2 Å². The molecule has 0 unspecified atom stereocenters. The largest absolute Gasteiger partial charge is 0.341 e. The van der Waals surface area contributed by atoms with Gasteiger partial charge in [0, 0.05) is 75.3 Å². The zero-order valence-corrected chi connectivity index (χ0v) is 23.6. The molecule has 2 fully saturated rings. The van der Waals surface area contributed by atoms with Crippen molar-refractivity contribution in [3.05, 3.63) is 58.9 Å². The van der Waals surface area contributed by atoms with Crippen molar-refractivity contribution < 1.29 is 18.4 Å². The Morgan fingerprint density at radius 2 is 1.92 bits per heavy atom. The van der Waals surface area contributed by atoms with E-state index in [0.29, 0.717) is 31.6 Å². The van der Waals surface area contributed by atoms with Crippen LogP contribution in [-0.2, 0) is 21.4 Å². The van der Waals surface area contributed by atoms with Gasteiger partial charge in [-0.25, -0.2) is 8.78 Å². The topological polar surface area (TPSA) is 68.8 Å². The third kappa shape index (κ3) is 5.84. The average molecular weight is 540 g/mol. The van der Waals surface area contributed by atoms with Crippen LogP contribution in [0.3, 0.4) is 0 Å². The second-order valence-electron chi connectivity index (χ2n) is 13.0. The summed E-state index contributed by atoms with van der Waals surface area (Å²) >= 11 is 0. The lowest BCUT2D eigenvalue weighted by Crippen LogP contribution is -2.61. The van der Waals surface area contributed by atoms with Crippen LogP contribution in [0.4, 0.5) is 14.5 Å². The number of fused-ring (bicyclic) bond motifs is 1. The summed E-state index contributed by atoms with van der Waals surface area (Å²) in [4.78, 5) is 37.1. The fourth-order valence-electron chi connectivity index (χ4n) is 6.25. The molecule has 3 aliphatic heterocycles. The van der Waals surface area contributed by atoms with Gasteiger partial charge in [0.2, 0.25) is 11.8 Å². The summed E-state index contributed by atoms with van der Waals surface area (Å²) < 4.78 is 27.7. The fraction of sp³-hybridized carbons (Fsp3) is 0.567. The third-order valence-electron chi connectivity index (χ3n) is 8.22. The molecule has 2 atom stereocenters. The van der Waals surface area contributed by atoms with Crippen molar-refractivity contribution in [1.29, 1.82) is 0 Å². The smallest absolute Gasteiger partial charge is 0.241 e. The number of nitrogens with one attached hydrogen (secondary N) is 1. The van der Waals surface area contributed by atoms with E-state index < -0.39 is 11.6 Å². The number of piperazine rings is 1. The molecule has 0 spiro atoms. The first-order chi connectivity index (χ1) is 18.3. The molecule has 0 radical (unpaired) electrons. The maximum atomic E-state index is 14.3. The quantitative estimate of drug-likeness (QED) is 0.609. The summed E-state index contributed by atoms with van der Waals surface area (Å²) in [7, 11) is 0. The first-order valence-electron chi connectivity index (χ1n) is 13.8. The van der Waals surface area contributed by atoms with Crippen LogP contribution >= 0.6 is 0 Å². The Bertz CT molecular complexity index is 1280. The van der Waals surface area contributed by atoms with Crippen molar-refractivity contribution in [2.24, 2.45) is 5.41 Å². The molecular weight excluding hydrogens is 500 g/mol. The van der Waals surface area contributed by atoms with Crippen LogP contribution in [-0.4, -0.2) is 78.0 Å². The molecule has 1 aromatic heterocycles. The van der Waals surface area contributed by atoms with Crippen molar-refractivity contribution in [2.45, 2.75) is 65.0 Å². The van der Waals surface area contributed by atoms with Crippen molar-refractivity contribution in [3.63, 3.8) is 0 Å². The van der Waals surface area contributed by atoms with Gasteiger partial charge in [0.15, 0.2) is 0 Å². The Kier molecular flexibility index (Phi) is 7.26. The summed E-state index contributed by atoms with van der Waals surface area (Å²) in [6.45, 7) is 14.0. The van der Waals surface area contributed by atoms with Crippen LogP contribution in [0.15, 0.2) is 30.5 Å². The zero-order valence-electron chi connectivity index (χ0n) is 23.6. The molecule has 39 heavy (non-hydrogen) atoms. The Hall–Kier alpha value is -2.91. The highest BCUT2D eigenvalue weighted by atomic mass is 19.1. The molecule has 7 nitrogen and oxygen atoms in total. The first kappa shape index (κ1) is 27.6. The van der Waals surface area contributed by atoms with E-state index in [2.05, 4.69) is 44.8 Å². The van der Waals surface area contributed by atoms with Gasteiger partial charge >= 0.3 is 0 Å². The predicted molar refractivity (Wildman–Crippen MR) is 147 cm³/mol. The molecule has 2 aromatic rings. The lowest BCUT2D eigenvalue weighted by atomic mass is 9.91. The van der Waals surface area contributed by atoms with E-state index in [1.165, 1.54) is 12.1 Å². The molecule has 9 heteroatoms. The van der Waals surface area contributed by atoms with Gasteiger partial charge in [0.25, 0.3) is 0 Å². The van der Waals surface area contributed by atoms with E-state index in [1.54, 1.807) is 11.1 Å². The maximum Gasteiger partial charge on any atom is 0.241 e. The van der Waals surface area contributed by atoms with Crippen molar-refractivity contribution >= 4 is 17.5 Å². The minimum Gasteiger partial charge on any atom is -0.341 e. The van der Waals surface area contributed by atoms with Crippen molar-refractivity contribution in [3.8, 4) is 0 Å². The Labute approximate surface area is 229 Å². The maximum absolute atomic E-state index is 14.3. The number of carbonyl (C=O) groups is 2. The number of rotatable bonds is 6. The third-order valence-corrected chi connectivity index (χ3v) is 8.22. The fourth-order valence-corrected chi connectivity index (χ4v) is 6.25. The van der Waals surface area contributed by atoms with Crippen LogP contribution in [0, 0.1) is 17.0 Å². The van der Waals surface area contributed by atoms with Crippen LogP contribution in [0.1, 0.15) is 57.9 Å². The van der Waals surface area contributed by atoms with Gasteiger partial charge < -0.3 is 15.1 Å². The number of carbonyl (C=O) groups excluding carboxylic acids is 2. The number of amides is 2. The molecule has 1 N–H and O–H groups in total. The lowest BCUT2D eigenvalue weighted by molar-refractivity contribution is -0.128. The average Bonchev–Trinajstić information content (AvgIpc) is 3.27. The summed E-state index contributed by atoms with van der Waals surface area (Å²) in [5, 5.41) is 3.51. The van der Waals surface area contributed by atoms with Crippen LogP contribution in [0.25, 0.3) is 0 Å². The molecule has 4 heterocycles. The summed E-state index contributed by atoms with van der Waals surface area (Å²) in [5.41, 5.74) is 2.38. The molecule has 0 saturated carbocycles. The number of pyridine rings is 1. The number of likely N-dealkylation sites (tertiary alicyclic amines) is 1. The second-order valence-corrected chi connectivity index (χ2v) is 13.0. The van der Waals surface area contributed by atoms with Gasteiger partial charge in [-0.1, -0.05) is 33.8 Å². The van der Waals surface area contributed by atoms with E-state index in [0.717, 1.165) is 36.1 Å². The molecule has 2 amide bonds. The Balaban J connectivity index is 1.34. The molecule has 210 valence electrons. The highest BCUT2D eigenvalue weighted by molar-refractivity contribution is 5.97. The summed E-state index contributed by atoms with van der Waals surface area (Å²) in [6.07, 6.45) is 2.53. The summed E-state index contributed by atoms with van der Waals surface area (Å²) in [5.74, 6) is -1.04. The van der Waals surface area contributed by atoms with Crippen LogP contribution in [0.5, 0.6) is 0 Å². The number of hydrogen-bond donors (Lipinski definition) is 1. The zero-order chi connectivity index (χ0) is 28.1. The molecule has 0 bridgehead atoms. The number of hydrogen-bond acceptors (Lipinski definition) is 5. The normalized spacial score (nSPS) is 24.3. The monoisotopic (exact) mass is 539 g/mol. The molecule has 0 aliphatic carbocycles. The van der Waals surface area contributed by atoms with Gasteiger partial charge in [-0.3, -0.25) is 19.5 Å². The molecule has 3 aliphatic rings. The number of benzene rings is 1. The highest BCUT2D eigenvalue weighted by Gasteiger charge is 2.42. The van der Waals surface area contributed by atoms with E-state index >= 15 is 0 Å². The first-order valence-corrected chi connectivity index (χ1v) is 13.8. The Morgan fingerprint density at radius 1 is 1.15 bits per heavy atom. The molecule has 5 rings (SSSR count). The standard InChI is InChI=1S/C30H39F2N5O2/c1-19-14-35(23(13-33-19)15-36-17-29(2,3)11-26(36)38)16-27(39)37-18-30(4,5)28-25(37)9-20(12-34-28)8-21-6-7-22(31)10-24(21)32/h6-7,9-10,12,19,23,33H,8,11,13-18H2,1-5H3/t19-,23-/m1/s1. The van der Waals surface area contributed by atoms with E-state index in [1.807, 2.05) is 11.0 Å². The Morgan fingerprint density at radius 3 is 2.62 bits per heavy atom. The van der Waals surface area contributed by atoms with Crippen molar-refractivity contribution in [1.82, 2.24) is 20.1 Å². The van der Waals surface area contributed by atoms with Gasteiger partial charge in [-0.05, 0) is 35.6 Å². The second kappa shape index (κ2) is 10.2. The molecule has 2 saturated heterocycles. The molecule has 1 aromatic carbocycles. The number of nitrogens with zero attached hydrogens (tertiary/aromatic N) is 4. The number of halogens is 2. The lowest BCUT2D eigenvalue weighted by Gasteiger charge is -2.41. The van der Waals surface area contributed by atoms with Gasteiger partial charge in [0.1, 0.15) is 11.6 Å². The number of aromatic nitrogens is 1. The van der Waals surface area contributed by atoms with Gasteiger partial charge in [-0.15, -0.1) is 0 Å². The van der Waals surface area contributed by atoms with E-state index in [-0.39, 0.29) is 47.7 Å². The highest BCUT2D eigenvalue weighted by Crippen LogP contribution is 2.40. The predicted octanol–water partition coefficient (Wildman–Crippen LogP) is 3.50. The van der Waals surface area contributed by atoms with Crippen LogP contribution in [0.2, 0.25) is 0 Å². The summed E-state index contributed by atoms with van der Waals surface area (Å²) in [6, 6.07) is 5.78. The minimum absolute atomic E-state index is 0.0130.